The molecule has 1 fully saturated rings. The lowest BCUT2D eigenvalue weighted by Gasteiger charge is -2.29. The lowest BCUT2D eigenvalue weighted by molar-refractivity contribution is -0.142. The van der Waals surface area contributed by atoms with E-state index in [0.717, 1.165) is 4.90 Å². The number of hydrogen-bond donors (Lipinski definition) is 1. The largest absolute Gasteiger partial charge is 0.593 e. The fourth-order valence-corrected chi connectivity index (χ4v) is 3.19. The highest BCUT2D eigenvalue weighted by Gasteiger charge is 2.31. The maximum Gasteiger partial charge on any atom is 0.306 e. The molecule has 1 aliphatic heterocycles. The molecule has 0 radical (unpaired) electrons. The van der Waals surface area contributed by atoms with Crippen LogP contribution in [0.1, 0.15) is 12.8 Å². The minimum absolute atomic E-state index is 0.279. The van der Waals surface area contributed by atoms with Crippen LogP contribution < -0.4 is 0 Å². The Labute approximate surface area is 104 Å². The Bertz CT molecular complexity index is 377. The van der Waals surface area contributed by atoms with Gasteiger partial charge in [-0.15, -0.1) is 4.31 Å². The number of piperidine rings is 1. The lowest BCUT2D eigenvalue weighted by atomic mass is 9.99. The van der Waals surface area contributed by atoms with Crippen molar-refractivity contribution in [3.05, 3.63) is 30.3 Å². The van der Waals surface area contributed by atoms with E-state index in [-0.39, 0.29) is 5.92 Å². The topological polar surface area (TPSA) is 63.6 Å². The summed E-state index contributed by atoms with van der Waals surface area (Å²) in [5, 5.41) is 8.89. The number of rotatable bonds is 3. The average molecular weight is 253 g/mol. The molecule has 0 saturated carbocycles. The fourth-order valence-electron chi connectivity index (χ4n) is 1.95. The highest BCUT2D eigenvalue weighted by molar-refractivity contribution is 7.89. The fraction of sp³-hybridized carbons (Fsp3) is 0.417. The van der Waals surface area contributed by atoms with E-state index in [9.17, 15) is 9.35 Å². The first-order chi connectivity index (χ1) is 8.18. The molecule has 1 aromatic carbocycles. The summed E-state index contributed by atoms with van der Waals surface area (Å²) < 4.78 is 14.0. The van der Waals surface area contributed by atoms with Gasteiger partial charge in [-0.2, -0.15) is 0 Å². The molecule has 5 heteroatoms. The standard InChI is InChI=1S/C12H15NO3S/c14-12(15)10-6-8-13(9-7-10)17(16)11-4-2-1-3-5-11/h1-5,10H,6-9H2,(H,14,15). The van der Waals surface area contributed by atoms with Crippen LogP contribution >= 0.6 is 0 Å². The molecule has 1 aliphatic rings. The highest BCUT2D eigenvalue weighted by atomic mass is 32.2. The Morgan fingerprint density at radius 2 is 1.88 bits per heavy atom. The van der Waals surface area contributed by atoms with Crippen molar-refractivity contribution in [3.63, 3.8) is 0 Å². The molecule has 4 nitrogen and oxygen atoms in total. The van der Waals surface area contributed by atoms with Crippen molar-refractivity contribution < 1.29 is 14.5 Å². The molecule has 1 aromatic rings. The summed E-state index contributed by atoms with van der Waals surface area (Å²) in [5.41, 5.74) is 0. The van der Waals surface area contributed by atoms with E-state index < -0.39 is 17.3 Å². The van der Waals surface area contributed by atoms with Gasteiger partial charge in [-0.25, -0.2) is 0 Å². The number of carboxylic acid groups (broad SMARTS) is 1. The van der Waals surface area contributed by atoms with Crippen LogP contribution in [-0.4, -0.2) is 33.0 Å². The molecule has 0 aliphatic carbocycles. The molecule has 0 bridgehead atoms. The van der Waals surface area contributed by atoms with E-state index in [1.54, 1.807) is 0 Å². The summed E-state index contributed by atoms with van der Waals surface area (Å²) in [7, 11) is 0. The molecule has 1 atom stereocenters. The van der Waals surface area contributed by atoms with Crippen molar-refractivity contribution in [2.75, 3.05) is 13.1 Å². The first kappa shape index (κ1) is 12.4. The van der Waals surface area contributed by atoms with Gasteiger partial charge in [0, 0.05) is 13.1 Å². The van der Waals surface area contributed by atoms with Crippen molar-refractivity contribution in [3.8, 4) is 0 Å². The molecule has 1 N–H and O–H groups in total. The van der Waals surface area contributed by atoms with E-state index >= 15 is 0 Å². The number of carbonyl (C=O) groups is 1. The molecule has 1 unspecified atom stereocenters. The van der Waals surface area contributed by atoms with Crippen LogP contribution in [0.15, 0.2) is 35.2 Å². The summed E-state index contributed by atoms with van der Waals surface area (Å²) in [6.07, 6.45) is 1.15. The molecule has 1 heterocycles. The molecule has 0 amide bonds. The third kappa shape index (κ3) is 3.00. The Hall–Kier alpha value is -1.04. The van der Waals surface area contributed by atoms with E-state index in [0.29, 0.717) is 25.9 Å². The van der Waals surface area contributed by atoms with E-state index in [1.807, 2.05) is 34.6 Å². The van der Waals surface area contributed by atoms with Gasteiger partial charge in [-0.1, -0.05) is 18.2 Å². The van der Waals surface area contributed by atoms with Crippen LogP contribution in [0, 0.1) is 5.92 Å². The van der Waals surface area contributed by atoms with Gasteiger partial charge in [0.05, 0.1) is 17.3 Å². The molecule has 1 saturated heterocycles. The van der Waals surface area contributed by atoms with Crippen LogP contribution in [0.25, 0.3) is 0 Å². The van der Waals surface area contributed by atoms with Crippen LogP contribution in [0.2, 0.25) is 0 Å². The normalized spacial score (nSPS) is 20.1. The zero-order chi connectivity index (χ0) is 12.3. The zero-order valence-corrected chi connectivity index (χ0v) is 10.2. The highest BCUT2D eigenvalue weighted by Crippen LogP contribution is 2.23. The summed E-state index contributed by atoms with van der Waals surface area (Å²) in [6.45, 7) is 1.16. The smallest absolute Gasteiger partial charge is 0.306 e. The molecule has 17 heavy (non-hydrogen) atoms. The van der Waals surface area contributed by atoms with Crippen LogP contribution in [-0.2, 0) is 16.2 Å². The van der Waals surface area contributed by atoms with Crippen LogP contribution in [0.5, 0.6) is 0 Å². The number of nitrogens with zero attached hydrogens (tertiary/aromatic N) is 1. The molecular formula is C12H15NO3S. The first-order valence-electron chi connectivity index (χ1n) is 5.63. The van der Waals surface area contributed by atoms with E-state index in [1.165, 1.54) is 0 Å². The van der Waals surface area contributed by atoms with Gasteiger partial charge in [0.1, 0.15) is 0 Å². The second kappa shape index (κ2) is 5.53. The van der Waals surface area contributed by atoms with Crippen molar-refractivity contribution in [1.29, 1.82) is 0 Å². The second-order valence-corrected chi connectivity index (χ2v) is 5.59. The third-order valence-electron chi connectivity index (χ3n) is 2.98. The summed E-state index contributed by atoms with van der Waals surface area (Å²) in [6, 6.07) is 9.27. The van der Waals surface area contributed by atoms with Gasteiger partial charge < -0.3 is 9.66 Å². The van der Waals surface area contributed by atoms with Crippen LogP contribution in [0.3, 0.4) is 0 Å². The van der Waals surface area contributed by atoms with Gasteiger partial charge in [0.2, 0.25) is 0 Å². The van der Waals surface area contributed by atoms with Crippen molar-refractivity contribution in [1.82, 2.24) is 4.31 Å². The van der Waals surface area contributed by atoms with Gasteiger partial charge >= 0.3 is 5.97 Å². The van der Waals surface area contributed by atoms with Gasteiger partial charge in [0.25, 0.3) is 0 Å². The monoisotopic (exact) mass is 253 g/mol. The maximum atomic E-state index is 12.2. The first-order valence-corrected chi connectivity index (χ1v) is 6.74. The molecule has 0 spiro atoms. The summed E-state index contributed by atoms with van der Waals surface area (Å²) >= 11 is -1.16. The minimum atomic E-state index is -1.16. The summed E-state index contributed by atoms with van der Waals surface area (Å²) in [5.74, 6) is -1.02. The van der Waals surface area contributed by atoms with Crippen molar-refractivity contribution in [2.24, 2.45) is 5.92 Å². The number of aliphatic carboxylic acids is 1. The molecule has 0 aromatic heterocycles. The predicted octanol–water partition coefficient (Wildman–Crippen LogP) is 1.51. The molecule has 2 rings (SSSR count). The van der Waals surface area contributed by atoms with Gasteiger partial charge in [-0.3, -0.25) is 4.79 Å². The Balaban J connectivity index is 1.95. The number of hydrogen-bond acceptors (Lipinski definition) is 3. The predicted molar refractivity (Wildman–Crippen MR) is 64.8 cm³/mol. The molecule has 92 valence electrons. The van der Waals surface area contributed by atoms with Crippen LogP contribution in [0.4, 0.5) is 0 Å². The zero-order valence-electron chi connectivity index (χ0n) is 9.41. The van der Waals surface area contributed by atoms with E-state index in [4.69, 9.17) is 5.11 Å². The third-order valence-corrected chi connectivity index (χ3v) is 4.49. The second-order valence-electron chi connectivity index (χ2n) is 4.10. The molecular weight excluding hydrogens is 238 g/mol. The van der Waals surface area contributed by atoms with Gasteiger partial charge in [0.15, 0.2) is 4.90 Å². The van der Waals surface area contributed by atoms with Crippen molar-refractivity contribution in [2.45, 2.75) is 17.7 Å². The summed E-state index contributed by atoms with van der Waals surface area (Å²) in [4.78, 5) is 11.6. The number of benzene rings is 1. The quantitative estimate of drug-likeness (QED) is 0.829. The van der Waals surface area contributed by atoms with E-state index in [2.05, 4.69) is 0 Å². The van der Waals surface area contributed by atoms with Crippen molar-refractivity contribution >= 4 is 17.3 Å². The lowest BCUT2D eigenvalue weighted by Crippen LogP contribution is -2.40. The maximum absolute atomic E-state index is 12.2. The SMILES string of the molecule is O=C(O)C1CCN([S+]([O-])c2ccccc2)CC1. The number of carboxylic acids is 1. The average Bonchev–Trinajstić information content (AvgIpc) is 2.39. The Kier molecular flexibility index (Phi) is 4.04. The minimum Gasteiger partial charge on any atom is -0.593 e. The van der Waals surface area contributed by atoms with Gasteiger partial charge in [-0.05, 0) is 25.0 Å². The Morgan fingerprint density at radius 3 is 2.41 bits per heavy atom. The Morgan fingerprint density at radius 1 is 1.29 bits per heavy atom.